The smallest absolute Gasteiger partial charge is 0.244 e. The second-order valence-electron chi connectivity index (χ2n) is 5.06. The van der Waals surface area contributed by atoms with Crippen molar-refractivity contribution in [2.24, 2.45) is 5.10 Å². The first-order valence-electron chi connectivity index (χ1n) is 6.86. The molecule has 1 heterocycles. The molecule has 0 radical (unpaired) electrons. The van der Waals surface area contributed by atoms with E-state index in [2.05, 4.69) is 15.8 Å². The highest BCUT2D eigenvalue weighted by molar-refractivity contribution is 6.40. The highest BCUT2D eigenvalue weighted by Crippen LogP contribution is 2.18. The molecule has 1 aliphatic carbocycles. The van der Waals surface area contributed by atoms with Gasteiger partial charge in [0.05, 0.1) is 0 Å². The van der Waals surface area contributed by atoms with Crippen LogP contribution in [0.25, 0.3) is 0 Å². The van der Waals surface area contributed by atoms with Crippen molar-refractivity contribution in [3.63, 3.8) is 0 Å². The van der Waals surface area contributed by atoms with Crippen molar-refractivity contribution >= 4 is 17.4 Å². The van der Waals surface area contributed by atoms with Crippen molar-refractivity contribution in [2.45, 2.75) is 64.0 Å². The third-order valence-corrected chi connectivity index (χ3v) is 3.66. The average molecular weight is 251 g/mol. The summed E-state index contributed by atoms with van der Waals surface area (Å²) in [4.78, 5) is 23.5. The third-order valence-electron chi connectivity index (χ3n) is 3.66. The van der Waals surface area contributed by atoms with Crippen molar-refractivity contribution in [3.05, 3.63) is 0 Å². The first kappa shape index (κ1) is 13.1. The van der Waals surface area contributed by atoms with Crippen LogP contribution in [0, 0.1) is 0 Å². The zero-order valence-corrected chi connectivity index (χ0v) is 10.9. The number of rotatable bonds is 4. The largest absolute Gasteiger partial charge is 0.352 e. The fourth-order valence-electron chi connectivity index (χ4n) is 2.52. The summed E-state index contributed by atoms with van der Waals surface area (Å²) in [5.41, 5.74) is 3.27. The number of hydrogen-bond donors (Lipinski definition) is 2. The van der Waals surface area contributed by atoms with E-state index in [1.165, 1.54) is 19.3 Å². The molecule has 1 saturated carbocycles. The van der Waals surface area contributed by atoms with Crippen LogP contribution in [0.4, 0.5) is 0 Å². The van der Waals surface area contributed by atoms with Gasteiger partial charge in [-0.2, -0.15) is 5.10 Å². The van der Waals surface area contributed by atoms with Crippen molar-refractivity contribution in [3.8, 4) is 0 Å². The van der Waals surface area contributed by atoms with Gasteiger partial charge in [0.15, 0.2) is 5.78 Å². The SMILES string of the molecule is CCC(=O)C1=NNC(C(=O)NC2CCCCC2)C1. The number of Topliss-reactive ketones (excluding diaryl/α,β-unsaturated/α-hetero) is 1. The Balaban J connectivity index is 1.79. The summed E-state index contributed by atoms with van der Waals surface area (Å²) in [6, 6.07) is -0.0589. The average Bonchev–Trinajstić information content (AvgIpc) is 2.88. The topological polar surface area (TPSA) is 70.6 Å². The molecule has 1 atom stereocenters. The maximum absolute atomic E-state index is 12.0. The van der Waals surface area contributed by atoms with E-state index in [1.54, 1.807) is 6.92 Å². The van der Waals surface area contributed by atoms with Crippen molar-refractivity contribution in [1.29, 1.82) is 0 Å². The summed E-state index contributed by atoms with van der Waals surface area (Å²) in [5, 5.41) is 7.01. The first-order chi connectivity index (χ1) is 8.70. The van der Waals surface area contributed by atoms with Crippen molar-refractivity contribution < 1.29 is 9.59 Å². The molecule has 1 unspecified atom stereocenters. The lowest BCUT2D eigenvalue weighted by molar-refractivity contribution is -0.123. The number of nitrogens with zero attached hydrogens (tertiary/aromatic N) is 1. The molecular weight excluding hydrogens is 230 g/mol. The van der Waals surface area contributed by atoms with Crippen LogP contribution >= 0.6 is 0 Å². The van der Waals surface area contributed by atoms with Crippen LogP contribution in [-0.4, -0.2) is 29.5 Å². The number of nitrogens with one attached hydrogen (secondary N) is 2. The molecule has 2 N–H and O–H groups in total. The Morgan fingerprint density at radius 1 is 1.33 bits per heavy atom. The molecule has 2 rings (SSSR count). The van der Waals surface area contributed by atoms with Gasteiger partial charge in [0.25, 0.3) is 0 Å². The lowest BCUT2D eigenvalue weighted by Crippen LogP contribution is -2.45. The predicted octanol–water partition coefficient (Wildman–Crippen LogP) is 1.13. The standard InChI is InChI=1S/C13H21N3O2/c1-2-12(17)10-8-11(16-15-10)13(18)14-9-6-4-3-5-7-9/h9,11,16H,2-8H2,1H3,(H,14,18). The second kappa shape index (κ2) is 5.98. The minimum absolute atomic E-state index is 0.0236. The molecule has 5 nitrogen and oxygen atoms in total. The van der Waals surface area contributed by atoms with E-state index in [1.807, 2.05) is 0 Å². The van der Waals surface area contributed by atoms with E-state index >= 15 is 0 Å². The maximum atomic E-state index is 12.0. The number of carbonyl (C=O) groups excluding carboxylic acids is 2. The number of amides is 1. The van der Waals surface area contributed by atoms with Crippen LogP contribution in [0.2, 0.25) is 0 Å². The molecule has 0 spiro atoms. The quantitative estimate of drug-likeness (QED) is 0.787. The molecule has 0 aromatic carbocycles. The fourth-order valence-corrected chi connectivity index (χ4v) is 2.52. The molecular formula is C13H21N3O2. The number of carbonyl (C=O) groups is 2. The summed E-state index contributed by atoms with van der Waals surface area (Å²) in [6.45, 7) is 1.81. The van der Waals surface area contributed by atoms with Gasteiger partial charge in [0.2, 0.25) is 5.91 Å². The van der Waals surface area contributed by atoms with Crippen molar-refractivity contribution in [2.75, 3.05) is 0 Å². The highest BCUT2D eigenvalue weighted by Gasteiger charge is 2.29. The van der Waals surface area contributed by atoms with Crippen LogP contribution in [0.5, 0.6) is 0 Å². The monoisotopic (exact) mass is 251 g/mol. The molecule has 1 aliphatic heterocycles. The van der Waals surface area contributed by atoms with Crippen LogP contribution in [0.15, 0.2) is 5.10 Å². The summed E-state index contributed by atoms with van der Waals surface area (Å²) in [5.74, 6) is 0.0000180. The molecule has 18 heavy (non-hydrogen) atoms. The second-order valence-corrected chi connectivity index (χ2v) is 5.06. The Bertz CT molecular complexity index is 359. The zero-order valence-electron chi connectivity index (χ0n) is 10.9. The minimum atomic E-state index is -0.363. The van der Waals surface area contributed by atoms with Gasteiger partial charge in [-0.25, -0.2) is 0 Å². The molecule has 1 amide bonds. The van der Waals surface area contributed by atoms with Gasteiger partial charge in [0.1, 0.15) is 11.8 Å². The maximum Gasteiger partial charge on any atom is 0.244 e. The Morgan fingerprint density at radius 3 is 2.72 bits per heavy atom. The van der Waals surface area contributed by atoms with E-state index in [-0.39, 0.29) is 17.7 Å². The van der Waals surface area contributed by atoms with Gasteiger partial charge < -0.3 is 5.32 Å². The van der Waals surface area contributed by atoms with Crippen LogP contribution < -0.4 is 10.7 Å². The van der Waals surface area contributed by atoms with E-state index in [0.29, 0.717) is 24.6 Å². The summed E-state index contributed by atoms with van der Waals surface area (Å²) < 4.78 is 0. The lowest BCUT2D eigenvalue weighted by atomic mass is 9.95. The number of hydrogen-bond acceptors (Lipinski definition) is 4. The molecule has 0 aromatic heterocycles. The fraction of sp³-hybridized carbons (Fsp3) is 0.769. The minimum Gasteiger partial charge on any atom is -0.352 e. The van der Waals surface area contributed by atoms with E-state index in [9.17, 15) is 9.59 Å². The van der Waals surface area contributed by atoms with Gasteiger partial charge in [-0.1, -0.05) is 26.2 Å². The molecule has 2 aliphatic rings. The van der Waals surface area contributed by atoms with E-state index < -0.39 is 0 Å². The summed E-state index contributed by atoms with van der Waals surface area (Å²) in [7, 11) is 0. The molecule has 0 saturated heterocycles. The van der Waals surface area contributed by atoms with Gasteiger partial charge in [-0.15, -0.1) is 0 Å². The molecule has 100 valence electrons. The highest BCUT2D eigenvalue weighted by atomic mass is 16.2. The molecule has 5 heteroatoms. The normalized spacial score (nSPS) is 24.3. The number of hydrazone groups is 1. The lowest BCUT2D eigenvalue weighted by Gasteiger charge is -2.24. The summed E-state index contributed by atoms with van der Waals surface area (Å²) in [6.07, 6.45) is 6.66. The van der Waals surface area contributed by atoms with Crippen molar-refractivity contribution in [1.82, 2.24) is 10.7 Å². The molecule has 0 bridgehead atoms. The van der Waals surface area contributed by atoms with Gasteiger partial charge >= 0.3 is 0 Å². The van der Waals surface area contributed by atoms with Gasteiger partial charge in [0, 0.05) is 18.9 Å². The Labute approximate surface area is 107 Å². The van der Waals surface area contributed by atoms with Gasteiger partial charge in [-0.3, -0.25) is 15.0 Å². The van der Waals surface area contributed by atoms with E-state index in [4.69, 9.17) is 0 Å². The Kier molecular flexibility index (Phi) is 4.33. The van der Waals surface area contributed by atoms with Crippen LogP contribution in [0.1, 0.15) is 51.9 Å². The first-order valence-corrected chi connectivity index (χ1v) is 6.86. The summed E-state index contributed by atoms with van der Waals surface area (Å²) >= 11 is 0. The third kappa shape index (κ3) is 3.09. The molecule has 0 aromatic rings. The predicted molar refractivity (Wildman–Crippen MR) is 69.3 cm³/mol. The van der Waals surface area contributed by atoms with E-state index in [0.717, 1.165) is 12.8 Å². The zero-order chi connectivity index (χ0) is 13.0. The van der Waals surface area contributed by atoms with Crippen LogP contribution in [0.3, 0.4) is 0 Å². The van der Waals surface area contributed by atoms with Gasteiger partial charge in [-0.05, 0) is 12.8 Å². The Morgan fingerprint density at radius 2 is 2.06 bits per heavy atom. The number of ketones is 1. The Hall–Kier alpha value is -1.39. The molecule has 1 fully saturated rings. The van der Waals surface area contributed by atoms with Crippen LogP contribution in [-0.2, 0) is 9.59 Å².